The molecule has 2 amide bonds. The number of nitrogens with one attached hydrogen (secondary N) is 3. The lowest BCUT2D eigenvalue weighted by molar-refractivity contribution is 0.255. The van der Waals surface area contributed by atoms with Crippen molar-refractivity contribution >= 4 is 22.6 Å². The molecule has 0 aliphatic rings. The lowest BCUT2D eigenvalue weighted by Crippen LogP contribution is -2.24. The van der Waals surface area contributed by atoms with E-state index in [0.29, 0.717) is 0 Å². The largest absolute Gasteiger partial charge is 0.323 e. The summed E-state index contributed by atoms with van der Waals surface area (Å²) in [6, 6.07) is 5.34. The molecule has 5 nitrogen and oxygen atoms in total. The molecule has 18 heavy (non-hydrogen) atoms. The first-order valence-corrected chi connectivity index (χ1v) is 5.85. The molecule has 1 heterocycles. The zero-order valence-electron chi connectivity index (χ0n) is 10.4. The smallest absolute Gasteiger partial charge is 0.314 e. The monoisotopic (exact) mass is 244 g/mol. The fourth-order valence-electron chi connectivity index (χ4n) is 1.47. The number of urea groups is 1. The number of H-pyrrole nitrogens is 1. The van der Waals surface area contributed by atoms with Crippen molar-refractivity contribution in [3.63, 3.8) is 0 Å². The van der Waals surface area contributed by atoms with Crippen molar-refractivity contribution in [3.8, 4) is 0 Å². The van der Waals surface area contributed by atoms with Crippen molar-refractivity contribution in [2.24, 2.45) is 0 Å². The summed E-state index contributed by atoms with van der Waals surface area (Å²) in [4.78, 5) is 11.6. The lowest BCUT2D eigenvalue weighted by Gasteiger charge is -2.05. The molecule has 2 aromatic rings. The first-order valence-electron chi connectivity index (χ1n) is 5.85. The van der Waals surface area contributed by atoms with Gasteiger partial charge in [-0.1, -0.05) is 12.5 Å². The highest BCUT2D eigenvalue weighted by molar-refractivity contribution is 5.92. The number of aromatic amines is 1. The summed E-state index contributed by atoms with van der Waals surface area (Å²) in [7, 11) is 0. The van der Waals surface area contributed by atoms with Crippen molar-refractivity contribution in [2.45, 2.75) is 20.3 Å². The summed E-state index contributed by atoms with van der Waals surface area (Å²) in [5.41, 5.74) is 2.74. The molecule has 0 unspecified atom stereocenters. The first-order chi connectivity index (χ1) is 8.69. The van der Waals surface area contributed by atoms with Gasteiger partial charge in [0.25, 0.3) is 0 Å². The second-order valence-corrected chi connectivity index (χ2v) is 4.11. The molecule has 2 rings (SSSR count). The van der Waals surface area contributed by atoms with Gasteiger partial charge in [-0.3, -0.25) is 5.10 Å². The predicted molar refractivity (Wildman–Crippen MR) is 72.3 cm³/mol. The van der Waals surface area contributed by atoms with E-state index in [1.807, 2.05) is 32.0 Å². The minimum Gasteiger partial charge on any atom is -0.314 e. The van der Waals surface area contributed by atoms with Gasteiger partial charge in [-0.25, -0.2) is 4.79 Å². The van der Waals surface area contributed by atoms with Crippen LogP contribution in [-0.4, -0.2) is 16.2 Å². The fraction of sp³-hybridized carbons (Fsp3) is 0.231. The Bertz CT molecular complexity index is 585. The molecule has 0 fully saturated rings. The molecule has 0 aliphatic heterocycles. The first kappa shape index (κ1) is 12.2. The van der Waals surface area contributed by atoms with Crippen LogP contribution in [0.5, 0.6) is 0 Å². The number of hydrogen-bond acceptors (Lipinski definition) is 2. The third kappa shape index (κ3) is 2.88. The number of rotatable bonds is 3. The van der Waals surface area contributed by atoms with Gasteiger partial charge in [0.15, 0.2) is 0 Å². The topological polar surface area (TPSA) is 69.8 Å². The van der Waals surface area contributed by atoms with Crippen LogP contribution in [0.3, 0.4) is 0 Å². The Morgan fingerprint density at radius 1 is 1.50 bits per heavy atom. The molecule has 1 aromatic carbocycles. The van der Waals surface area contributed by atoms with Crippen LogP contribution in [0.1, 0.15) is 20.3 Å². The molecule has 0 aliphatic carbocycles. The highest BCUT2D eigenvalue weighted by atomic mass is 16.2. The number of fused-ring (bicyclic) bond motifs is 1. The van der Waals surface area contributed by atoms with Gasteiger partial charge in [0.05, 0.1) is 11.7 Å². The Labute approximate surface area is 105 Å². The van der Waals surface area contributed by atoms with Gasteiger partial charge >= 0.3 is 6.03 Å². The van der Waals surface area contributed by atoms with E-state index in [-0.39, 0.29) is 6.03 Å². The molecule has 94 valence electrons. The molecule has 5 heteroatoms. The summed E-state index contributed by atoms with van der Waals surface area (Å²) in [5.74, 6) is 0. The molecular formula is C13H16N4O. The molecule has 0 saturated heterocycles. The van der Waals surface area contributed by atoms with Crippen LogP contribution in [0.4, 0.5) is 10.5 Å². The number of allylic oxidation sites excluding steroid dienone is 1. The van der Waals surface area contributed by atoms with Crippen LogP contribution in [0, 0.1) is 0 Å². The van der Waals surface area contributed by atoms with Crippen LogP contribution in [0.2, 0.25) is 0 Å². The number of benzene rings is 1. The highest BCUT2D eigenvalue weighted by Crippen LogP contribution is 2.16. The summed E-state index contributed by atoms with van der Waals surface area (Å²) in [6.45, 7) is 4.01. The fourth-order valence-corrected chi connectivity index (χ4v) is 1.47. The minimum absolute atomic E-state index is 0.248. The van der Waals surface area contributed by atoms with Crippen LogP contribution in [0.15, 0.2) is 36.2 Å². The van der Waals surface area contributed by atoms with Crippen LogP contribution >= 0.6 is 0 Å². The number of nitrogens with zero attached hydrogens (tertiary/aromatic N) is 1. The number of amides is 2. The Kier molecular flexibility index (Phi) is 3.62. The molecule has 0 saturated carbocycles. The van der Waals surface area contributed by atoms with E-state index in [4.69, 9.17) is 0 Å². The molecular weight excluding hydrogens is 228 g/mol. The van der Waals surface area contributed by atoms with Gasteiger partial charge in [-0.05, 0) is 31.5 Å². The zero-order valence-corrected chi connectivity index (χ0v) is 10.4. The summed E-state index contributed by atoms with van der Waals surface area (Å²) in [5, 5.41) is 13.3. The summed E-state index contributed by atoms with van der Waals surface area (Å²) in [6.07, 6.45) is 4.37. The number of aromatic nitrogens is 2. The van der Waals surface area contributed by atoms with E-state index in [0.717, 1.165) is 28.6 Å². The van der Waals surface area contributed by atoms with E-state index in [2.05, 4.69) is 20.8 Å². The SMILES string of the molecule is CC/C(C)=C/NC(=O)Nc1ccc2cn[nH]c2c1. The summed E-state index contributed by atoms with van der Waals surface area (Å²) < 4.78 is 0. The molecule has 0 radical (unpaired) electrons. The zero-order chi connectivity index (χ0) is 13.0. The molecule has 0 atom stereocenters. The average Bonchev–Trinajstić information content (AvgIpc) is 2.83. The molecule has 3 N–H and O–H groups in total. The van der Waals surface area contributed by atoms with Crippen LogP contribution < -0.4 is 10.6 Å². The molecule has 1 aromatic heterocycles. The minimum atomic E-state index is -0.248. The number of hydrogen-bond donors (Lipinski definition) is 3. The van der Waals surface area contributed by atoms with Crippen molar-refractivity contribution in [1.82, 2.24) is 15.5 Å². The maximum absolute atomic E-state index is 11.6. The highest BCUT2D eigenvalue weighted by Gasteiger charge is 2.01. The third-order valence-corrected chi connectivity index (χ3v) is 2.71. The van der Waals surface area contributed by atoms with E-state index >= 15 is 0 Å². The normalized spacial score (nSPS) is 11.6. The third-order valence-electron chi connectivity index (χ3n) is 2.71. The number of carbonyl (C=O) groups is 1. The summed E-state index contributed by atoms with van der Waals surface area (Å²) >= 11 is 0. The standard InChI is InChI=1S/C13H16N4O/c1-3-9(2)7-14-13(18)16-11-5-4-10-8-15-17-12(10)6-11/h4-8H,3H2,1-2H3,(H,15,17)(H2,14,16,18)/b9-7+. The van der Waals surface area contributed by atoms with Crippen LogP contribution in [0.25, 0.3) is 10.9 Å². The lowest BCUT2D eigenvalue weighted by atomic mass is 10.2. The number of carbonyl (C=O) groups excluding carboxylic acids is 1. The van der Waals surface area contributed by atoms with Gasteiger partial charge in [-0.2, -0.15) is 5.10 Å². The quantitative estimate of drug-likeness (QED) is 0.776. The van der Waals surface area contributed by atoms with Gasteiger partial charge in [0, 0.05) is 17.3 Å². The van der Waals surface area contributed by atoms with E-state index < -0.39 is 0 Å². The van der Waals surface area contributed by atoms with E-state index in [1.165, 1.54) is 0 Å². The van der Waals surface area contributed by atoms with Crippen LogP contribution in [-0.2, 0) is 0 Å². The number of anilines is 1. The van der Waals surface area contributed by atoms with Crippen molar-refractivity contribution in [1.29, 1.82) is 0 Å². The van der Waals surface area contributed by atoms with Crippen molar-refractivity contribution in [3.05, 3.63) is 36.2 Å². The Morgan fingerprint density at radius 2 is 2.33 bits per heavy atom. The van der Waals surface area contributed by atoms with Crippen molar-refractivity contribution < 1.29 is 4.79 Å². The Morgan fingerprint density at radius 3 is 3.11 bits per heavy atom. The van der Waals surface area contributed by atoms with E-state index in [9.17, 15) is 4.79 Å². The van der Waals surface area contributed by atoms with E-state index in [1.54, 1.807) is 12.4 Å². The van der Waals surface area contributed by atoms with Gasteiger partial charge in [-0.15, -0.1) is 0 Å². The van der Waals surface area contributed by atoms with Gasteiger partial charge in [0.1, 0.15) is 0 Å². The van der Waals surface area contributed by atoms with Gasteiger partial charge < -0.3 is 10.6 Å². The Hall–Kier alpha value is -2.30. The molecule has 0 spiro atoms. The second kappa shape index (κ2) is 5.35. The second-order valence-electron chi connectivity index (χ2n) is 4.11. The maximum Gasteiger partial charge on any atom is 0.323 e. The molecule has 0 bridgehead atoms. The predicted octanol–water partition coefficient (Wildman–Crippen LogP) is 3.00. The van der Waals surface area contributed by atoms with Gasteiger partial charge in [0.2, 0.25) is 0 Å². The Balaban J connectivity index is 2.02. The van der Waals surface area contributed by atoms with Crippen molar-refractivity contribution in [2.75, 3.05) is 5.32 Å². The average molecular weight is 244 g/mol. The maximum atomic E-state index is 11.6.